The minimum Gasteiger partial charge on any atom is -0.454 e. The molecule has 1 aliphatic heterocycles. The molecule has 0 aromatic rings. The van der Waals surface area contributed by atoms with E-state index >= 15 is 0 Å². The van der Waals surface area contributed by atoms with Gasteiger partial charge in [0.1, 0.15) is 24.4 Å². The Morgan fingerprint density at radius 1 is 0.459 bits per heavy atom. The number of ether oxygens (including phenoxy) is 3. The van der Waals surface area contributed by atoms with Gasteiger partial charge in [-0.15, -0.1) is 0 Å². The van der Waals surface area contributed by atoms with E-state index in [-0.39, 0.29) is 13.0 Å². The number of amides is 1. The van der Waals surface area contributed by atoms with Gasteiger partial charge in [-0.3, -0.25) is 9.59 Å². The summed E-state index contributed by atoms with van der Waals surface area (Å²) in [5.41, 5.74) is 0. The lowest BCUT2D eigenvalue weighted by atomic mass is 9.99. The van der Waals surface area contributed by atoms with Gasteiger partial charge in [-0.25, -0.2) is 0 Å². The van der Waals surface area contributed by atoms with Gasteiger partial charge in [0, 0.05) is 6.42 Å². The number of nitrogens with one attached hydrogen (secondary N) is 1. The maximum absolute atomic E-state index is 13.5. The molecule has 0 spiro atoms. The van der Waals surface area contributed by atoms with E-state index in [4.69, 9.17) is 14.2 Å². The predicted octanol–water partition coefficient (Wildman–Crippen LogP) is 18.5. The number of carbonyl (C=O) groups is 2. The van der Waals surface area contributed by atoms with Crippen molar-refractivity contribution in [3.05, 3.63) is 60.8 Å². The standard InChI is InChI=1S/C74H135NO10/c1-4-7-10-13-16-19-22-25-27-29-31-33-34-35-37-39-41-44-47-50-53-56-59-62-69(79)85-72-71(81)70(80)68(63-76)84-74(72)83-64-65(66(77)60-57-54-51-48-45-42-24-21-18-15-12-9-6-3)75-73(82)67(78)61-58-55-52-49-46-43-40-38-36-32-30-28-26-23-20-17-14-11-8-5-2/h16,19,25-28,31,33,57,60,65-68,70-72,74,76-78,80-81H,4-15,17-18,20-24,29-30,32,34-56,58-59,61-64H2,1-3H3,(H,75,82)/b19-16-,27-25-,28-26+,33-31-,60-57+. The monoisotopic (exact) mass is 1200 g/mol. The van der Waals surface area contributed by atoms with Crippen LogP contribution in [0.3, 0.4) is 0 Å². The number of aliphatic hydroxyl groups excluding tert-OH is 5. The Morgan fingerprint density at radius 2 is 0.812 bits per heavy atom. The number of esters is 1. The van der Waals surface area contributed by atoms with Crippen molar-refractivity contribution in [2.24, 2.45) is 0 Å². The minimum absolute atomic E-state index is 0.119. The smallest absolute Gasteiger partial charge is 0.306 e. The molecule has 1 fully saturated rings. The van der Waals surface area contributed by atoms with Crippen LogP contribution in [-0.4, -0.2) is 99.6 Å². The van der Waals surface area contributed by atoms with Gasteiger partial charge in [-0.05, 0) is 89.9 Å². The molecule has 1 heterocycles. The van der Waals surface area contributed by atoms with Crippen LogP contribution in [0.1, 0.15) is 335 Å². The number of hydrogen-bond donors (Lipinski definition) is 6. The van der Waals surface area contributed by atoms with Gasteiger partial charge in [0.05, 0.1) is 25.4 Å². The summed E-state index contributed by atoms with van der Waals surface area (Å²) in [5, 5.41) is 57.3. The Morgan fingerprint density at radius 3 is 1.25 bits per heavy atom. The van der Waals surface area contributed by atoms with Crippen LogP contribution in [0.5, 0.6) is 0 Å². The normalized spacial score (nSPS) is 18.7. The van der Waals surface area contributed by atoms with E-state index in [1.807, 2.05) is 6.08 Å². The summed E-state index contributed by atoms with van der Waals surface area (Å²) < 4.78 is 17.7. The SMILES string of the molecule is CCCCC/C=C\C/C=C\C/C=C\CCCCCCCCCCCCC(=O)OC1C(OCC(NC(=O)C(O)CCCCCCCCCCCC/C=C/CCCCCCCC)C(O)/C=C/CCCCCCCCCCCCC)OC(CO)C(O)C1O. The second-order valence-electron chi connectivity index (χ2n) is 25.0. The van der Waals surface area contributed by atoms with Crippen molar-refractivity contribution in [3.63, 3.8) is 0 Å². The fourth-order valence-electron chi connectivity index (χ4n) is 11.2. The summed E-state index contributed by atoms with van der Waals surface area (Å²) in [7, 11) is 0. The highest BCUT2D eigenvalue weighted by Gasteiger charge is 2.47. The van der Waals surface area contributed by atoms with Crippen LogP contribution in [-0.2, 0) is 23.8 Å². The van der Waals surface area contributed by atoms with Gasteiger partial charge in [-0.1, -0.05) is 300 Å². The topological polar surface area (TPSA) is 175 Å². The van der Waals surface area contributed by atoms with Gasteiger partial charge in [0.2, 0.25) is 5.91 Å². The molecule has 496 valence electrons. The zero-order chi connectivity index (χ0) is 61.7. The third-order valence-corrected chi connectivity index (χ3v) is 16.9. The molecule has 8 unspecified atom stereocenters. The molecule has 8 atom stereocenters. The molecular formula is C74H135NO10. The van der Waals surface area contributed by atoms with E-state index in [2.05, 4.69) is 74.7 Å². The van der Waals surface area contributed by atoms with E-state index in [0.717, 1.165) is 77.0 Å². The fourth-order valence-corrected chi connectivity index (χ4v) is 11.2. The number of unbranched alkanes of at least 4 members (excludes halogenated alkanes) is 40. The van der Waals surface area contributed by atoms with Gasteiger partial charge in [0.15, 0.2) is 12.4 Å². The van der Waals surface area contributed by atoms with E-state index in [1.165, 1.54) is 212 Å². The Labute approximate surface area is 522 Å². The van der Waals surface area contributed by atoms with E-state index < -0.39 is 67.4 Å². The van der Waals surface area contributed by atoms with E-state index in [0.29, 0.717) is 19.3 Å². The van der Waals surface area contributed by atoms with Gasteiger partial charge < -0.3 is 45.1 Å². The molecule has 0 saturated carbocycles. The summed E-state index contributed by atoms with van der Waals surface area (Å²) >= 11 is 0. The molecule has 1 aliphatic rings. The fraction of sp³-hybridized carbons (Fsp3) is 0.838. The lowest BCUT2D eigenvalue weighted by Crippen LogP contribution is -2.61. The minimum atomic E-state index is -1.62. The molecule has 11 heteroatoms. The molecule has 0 radical (unpaired) electrons. The maximum atomic E-state index is 13.5. The van der Waals surface area contributed by atoms with Crippen LogP contribution in [0, 0.1) is 0 Å². The number of allylic oxidation sites excluding steroid dienone is 9. The van der Waals surface area contributed by atoms with Crippen LogP contribution in [0.25, 0.3) is 0 Å². The average molecular weight is 1200 g/mol. The van der Waals surface area contributed by atoms with Gasteiger partial charge in [0.25, 0.3) is 0 Å². The Bertz CT molecular complexity index is 1620. The van der Waals surface area contributed by atoms with Crippen molar-refractivity contribution in [3.8, 4) is 0 Å². The van der Waals surface area contributed by atoms with Crippen LogP contribution in [0.2, 0.25) is 0 Å². The molecule has 6 N–H and O–H groups in total. The molecule has 1 amide bonds. The first kappa shape index (κ1) is 80.4. The highest BCUT2D eigenvalue weighted by Crippen LogP contribution is 2.26. The van der Waals surface area contributed by atoms with Crippen LogP contribution in [0.15, 0.2) is 60.8 Å². The molecule has 0 bridgehead atoms. The molecule has 1 saturated heterocycles. The number of hydrogen-bond acceptors (Lipinski definition) is 10. The van der Waals surface area contributed by atoms with Gasteiger partial charge >= 0.3 is 5.97 Å². The summed E-state index contributed by atoms with van der Waals surface area (Å²) in [4.78, 5) is 26.7. The highest BCUT2D eigenvalue weighted by molar-refractivity contribution is 5.80. The molecular weight excluding hydrogens is 1060 g/mol. The Kier molecular flexibility index (Phi) is 58.2. The van der Waals surface area contributed by atoms with Crippen molar-refractivity contribution in [2.75, 3.05) is 13.2 Å². The van der Waals surface area contributed by atoms with E-state index in [1.54, 1.807) is 6.08 Å². The third-order valence-electron chi connectivity index (χ3n) is 16.9. The van der Waals surface area contributed by atoms with Crippen molar-refractivity contribution < 1.29 is 49.3 Å². The number of rotatable bonds is 62. The highest BCUT2D eigenvalue weighted by atomic mass is 16.7. The van der Waals surface area contributed by atoms with E-state index in [9.17, 15) is 35.1 Å². The lowest BCUT2D eigenvalue weighted by molar-refractivity contribution is -0.305. The van der Waals surface area contributed by atoms with Crippen molar-refractivity contribution in [2.45, 2.75) is 384 Å². The van der Waals surface area contributed by atoms with Crippen LogP contribution in [0.4, 0.5) is 0 Å². The Balaban J connectivity index is 2.59. The molecule has 0 aliphatic carbocycles. The molecule has 0 aromatic carbocycles. The molecule has 85 heavy (non-hydrogen) atoms. The van der Waals surface area contributed by atoms with Crippen LogP contribution < -0.4 is 5.32 Å². The van der Waals surface area contributed by atoms with Crippen molar-refractivity contribution >= 4 is 11.9 Å². The second kappa shape index (κ2) is 61.6. The zero-order valence-electron chi connectivity index (χ0n) is 55.2. The predicted molar refractivity (Wildman–Crippen MR) is 356 cm³/mol. The quantitative estimate of drug-likeness (QED) is 0.0195. The number of aliphatic hydroxyl groups is 5. The maximum Gasteiger partial charge on any atom is 0.306 e. The second-order valence-corrected chi connectivity index (χ2v) is 25.0. The zero-order valence-corrected chi connectivity index (χ0v) is 55.2. The molecule has 11 nitrogen and oxygen atoms in total. The lowest BCUT2D eigenvalue weighted by Gasteiger charge is -2.41. The first-order chi connectivity index (χ1) is 41.7. The summed E-state index contributed by atoms with van der Waals surface area (Å²) in [6.45, 7) is 5.80. The first-order valence-electron chi connectivity index (χ1n) is 36.1. The van der Waals surface area contributed by atoms with Crippen molar-refractivity contribution in [1.82, 2.24) is 5.32 Å². The Hall–Kier alpha value is -2.64. The first-order valence-corrected chi connectivity index (χ1v) is 36.1. The molecule has 1 rings (SSSR count). The van der Waals surface area contributed by atoms with Crippen LogP contribution >= 0.6 is 0 Å². The molecule has 0 aromatic heterocycles. The summed E-state index contributed by atoms with van der Waals surface area (Å²) in [6, 6.07) is -1.03. The van der Waals surface area contributed by atoms with Crippen molar-refractivity contribution in [1.29, 1.82) is 0 Å². The summed E-state index contributed by atoms with van der Waals surface area (Å²) in [6.07, 6.45) is 68.2. The average Bonchev–Trinajstić information content (AvgIpc) is 2.49. The third kappa shape index (κ3) is 48.9. The summed E-state index contributed by atoms with van der Waals surface area (Å²) in [5.74, 6) is -1.19. The number of carbonyl (C=O) groups excluding carboxylic acids is 2. The van der Waals surface area contributed by atoms with Gasteiger partial charge in [-0.2, -0.15) is 0 Å². The largest absolute Gasteiger partial charge is 0.454 e.